The summed E-state index contributed by atoms with van der Waals surface area (Å²) in [6.45, 7) is 8.05. The first kappa shape index (κ1) is 20.7. The number of ketones is 1. The second kappa shape index (κ2) is 8.06. The van der Waals surface area contributed by atoms with E-state index in [1.807, 2.05) is 39.0 Å². The maximum Gasteiger partial charge on any atom is 0.225 e. The minimum Gasteiger partial charge on any atom is -0.340 e. The molecule has 2 aromatic heterocycles. The van der Waals surface area contributed by atoms with Crippen molar-refractivity contribution in [3.8, 4) is 11.3 Å². The Labute approximate surface area is 186 Å². The average Bonchev–Trinajstić information content (AvgIpc) is 3.33. The van der Waals surface area contributed by atoms with Crippen molar-refractivity contribution >= 4 is 11.7 Å². The number of hydrogen-bond acceptors (Lipinski definition) is 6. The lowest BCUT2D eigenvalue weighted by atomic mass is 9.87. The van der Waals surface area contributed by atoms with Gasteiger partial charge in [0, 0.05) is 48.7 Å². The third kappa shape index (κ3) is 3.66. The van der Waals surface area contributed by atoms with Crippen molar-refractivity contribution in [2.24, 2.45) is 11.8 Å². The van der Waals surface area contributed by atoms with Gasteiger partial charge in [0.1, 0.15) is 5.82 Å². The molecule has 0 saturated carbocycles. The van der Waals surface area contributed by atoms with E-state index in [-0.39, 0.29) is 17.3 Å². The number of halogens is 1. The molecular formula is C25H26FN5O. The Morgan fingerprint density at radius 1 is 1.09 bits per heavy atom. The molecule has 2 saturated heterocycles. The SMILES string of the molecule is Cc1ccnc(-c2cccc(F)c2C(=O)C2NCC3CN(c4nc(C)cc(C)n4)CC32)c1. The first-order valence-electron chi connectivity index (χ1n) is 11.0. The fraction of sp³-hybridized carbons (Fsp3) is 0.360. The van der Waals surface area contributed by atoms with Gasteiger partial charge in [0.05, 0.1) is 17.3 Å². The number of benzene rings is 1. The van der Waals surface area contributed by atoms with E-state index in [2.05, 4.69) is 25.2 Å². The van der Waals surface area contributed by atoms with Crippen molar-refractivity contribution in [2.45, 2.75) is 26.8 Å². The Bertz CT molecular complexity index is 1180. The smallest absolute Gasteiger partial charge is 0.225 e. The van der Waals surface area contributed by atoms with Crippen LogP contribution in [0.15, 0.2) is 42.6 Å². The largest absolute Gasteiger partial charge is 0.340 e. The molecule has 2 fully saturated rings. The molecule has 0 radical (unpaired) electrons. The molecule has 1 N–H and O–H groups in total. The third-order valence-electron chi connectivity index (χ3n) is 6.51. The quantitative estimate of drug-likeness (QED) is 0.638. The Hall–Kier alpha value is -3.19. The summed E-state index contributed by atoms with van der Waals surface area (Å²) in [6, 6.07) is 10.0. The highest BCUT2D eigenvalue weighted by molar-refractivity contribution is 6.06. The summed E-state index contributed by atoms with van der Waals surface area (Å²) in [6.07, 6.45) is 1.69. The maximum atomic E-state index is 15.0. The van der Waals surface area contributed by atoms with E-state index in [9.17, 15) is 4.79 Å². The van der Waals surface area contributed by atoms with Crippen LogP contribution in [0.1, 0.15) is 27.3 Å². The van der Waals surface area contributed by atoms with Gasteiger partial charge in [-0.15, -0.1) is 0 Å². The summed E-state index contributed by atoms with van der Waals surface area (Å²) in [7, 11) is 0. The average molecular weight is 432 g/mol. The Morgan fingerprint density at radius 2 is 1.88 bits per heavy atom. The standard InChI is InChI=1S/C25H26FN5O/c1-14-7-8-27-21(9-14)18-5-4-6-20(26)22(18)24(32)23-19-13-31(12-17(19)11-28-23)25-29-15(2)10-16(3)30-25/h4-10,17,19,23,28H,11-13H2,1-3H3. The monoisotopic (exact) mass is 431 g/mol. The van der Waals surface area contributed by atoms with Gasteiger partial charge < -0.3 is 10.2 Å². The van der Waals surface area contributed by atoms with Gasteiger partial charge in [-0.1, -0.05) is 12.1 Å². The summed E-state index contributed by atoms with van der Waals surface area (Å²) < 4.78 is 15.0. The number of aryl methyl sites for hydroxylation is 3. The zero-order valence-corrected chi connectivity index (χ0v) is 18.5. The Morgan fingerprint density at radius 3 is 2.62 bits per heavy atom. The number of Topliss-reactive ketones (excluding diaryl/α,β-unsaturated/α-hetero) is 1. The van der Waals surface area contributed by atoms with Crippen molar-refractivity contribution in [2.75, 3.05) is 24.5 Å². The van der Waals surface area contributed by atoms with Gasteiger partial charge >= 0.3 is 0 Å². The summed E-state index contributed by atoms with van der Waals surface area (Å²) in [5.41, 5.74) is 4.13. The molecule has 4 heterocycles. The number of pyridine rings is 1. The molecule has 1 aromatic carbocycles. The lowest BCUT2D eigenvalue weighted by molar-refractivity contribution is 0.0927. The molecule has 2 aliphatic rings. The van der Waals surface area contributed by atoms with E-state index >= 15 is 4.39 Å². The minimum absolute atomic E-state index is 0.0739. The second-order valence-electron chi connectivity index (χ2n) is 8.91. The molecule has 5 rings (SSSR count). The van der Waals surface area contributed by atoms with Crippen molar-refractivity contribution in [1.82, 2.24) is 20.3 Å². The first-order valence-corrected chi connectivity index (χ1v) is 11.0. The predicted octanol–water partition coefficient (Wildman–Crippen LogP) is 3.51. The van der Waals surface area contributed by atoms with E-state index < -0.39 is 11.9 Å². The second-order valence-corrected chi connectivity index (χ2v) is 8.91. The van der Waals surface area contributed by atoms with Crippen LogP contribution < -0.4 is 10.2 Å². The van der Waals surface area contributed by atoms with E-state index in [0.717, 1.165) is 30.0 Å². The molecule has 6 nitrogen and oxygen atoms in total. The maximum absolute atomic E-state index is 15.0. The number of carbonyl (C=O) groups excluding carboxylic acids is 1. The van der Waals surface area contributed by atoms with Gasteiger partial charge in [-0.25, -0.2) is 14.4 Å². The number of nitrogens with one attached hydrogen (secondary N) is 1. The fourth-order valence-corrected chi connectivity index (χ4v) is 5.05. The number of hydrogen-bond donors (Lipinski definition) is 1. The van der Waals surface area contributed by atoms with E-state index in [4.69, 9.17) is 0 Å². The van der Waals surface area contributed by atoms with E-state index in [1.165, 1.54) is 6.07 Å². The number of aromatic nitrogens is 3. The van der Waals surface area contributed by atoms with Crippen molar-refractivity contribution in [3.05, 3.63) is 70.9 Å². The van der Waals surface area contributed by atoms with Crippen LogP contribution in [0.2, 0.25) is 0 Å². The Kier molecular flexibility index (Phi) is 5.21. The minimum atomic E-state index is -0.506. The molecule has 0 spiro atoms. The number of anilines is 1. The first-order chi connectivity index (χ1) is 15.4. The van der Waals surface area contributed by atoms with Crippen LogP contribution in [0, 0.1) is 38.4 Å². The van der Waals surface area contributed by atoms with Crippen LogP contribution in [0.25, 0.3) is 11.3 Å². The zero-order chi connectivity index (χ0) is 22.4. The van der Waals surface area contributed by atoms with Crippen LogP contribution in [-0.4, -0.2) is 46.4 Å². The summed E-state index contributed by atoms with van der Waals surface area (Å²) >= 11 is 0. The van der Waals surface area contributed by atoms with E-state index in [0.29, 0.717) is 29.7 Å². The third-order valence-corrected chi connectivity index (χ3v) is 6.51. The molecule has 2 aliphatic heterocycles. The number of fused-ring (bicyclic) bond motifs is 1. The van der Waals surface area contributed by atoms with Crippen molar-refractivity contribution < 1.29 is 9.18 Å². The molecule has 0 bridgehead atoms. The van der Waals surface area contributed by atoms with Crippen molar-refractivity contribution in [3.63, 3.8) is 0 Å². The van der Waals surface area contributed by atoms with Crippen LogP contribution in [0.4, 0.5) is 10.3 Å². The predicted molar refractivity (Wildman–Crippen MR) is 121 cm³/mol. The molecule has 3 unspecified atom stereocenters. The van der Waals surface area contributed by atoms with Crippen molar-refractivity contribution in [1.29, 1.82) is 0 Å². The van der Waals surface area contributed by atoms with Gasteiger partial charge in [-0.05, 0) is 56.5 Å². The van der Waals surface area contributed by atoms with Gasteiger partial charge in [0.15, 0.2) is 5.78 Å². The highest BCUT2D eigenvalue weighted by Gasteiger charge is 2.47. The molecule has 32 heavy (non-hydrogen) atoms. The highest BCUT2D eigenvalue weighted by Crippen LogP contribution is 2.36. The molecule has 0 amide bonds. The topological polar surface area (TPSA) is 71.0 Å². The molecular weight excluding hydrogens is 405 g/mol. The normalized spacial score (nSPS) is 22.2. The number of rotatable bonds is 4. The van der Waals surface area contributed by atoms with Crippen LogP contribution >= 0.6 is 0 Å². The number of carbonyl (C=O) groups is 1. The fourth-order valence-electron chi connectivity index (χ4n) is 5.05. The van der Waals surface area contributed by atoms with Gasteiger partial charge in [0.25, 0.3) is 0 Å². The molecule has 3 atom stereocenters. The van der Waals surface area contributed by atoms with Gasteiger partial charge in [-0.3, -0.25) is 9.78 Å². The summed E-state index contributed by atoms with van der Waals surface area (Å²) in [4.78, 5) is 29.4. The lowest BCUT2D eigenvalue weighted by Gasteiger charge is -2.22. The highest BCUT2D eigenvalue weighted by atomic mass is 19.1. The Balaban J connectivity index is 1.45. The molecule has 0 aliphatic carbocycles. The van der Waals surface area contributed by atoms with Gasteiger partial charge in [-0.2, -0.15) is 0 Å². The van der Waals surface area contributed by atoms with Crippen LogP contribution in [0.5, 0.6) is 0 Å². The van der Waals surface area contributed by atoms with Crippen LogP contribution in [-0.2, 0) is 0 Å². The van der Waals surface area contributed by atoms with E-state index in [1.54, 1.807) is 18.3 Å². The molecule has 3 aromatic rings. The molecule has 164 valence electrons. The number of nitrogens with zero attached hydrogens (tertiary/aromatic N) is 4. The van der Waals surface area contributed by atoms with Crippen LogP contribution in [0.3, 0.4) is 0 Å². The lowest BCUT2D eigenvalue weighted by Crippen LogP contribution is -2.39. The summed E-state index contributed by atoms with van der Waals surface area (Å²) in [5.74, 6) is 0.356. The summed E-state index contributed by atoms with van der Waals surface area (Å²) in [5, 5.41) is 3.36. The molecule has 7 heteroatoms. The van der Waals surface area contributed by atoms with Gasteiger partial charge in [0.2, 0.25) is 5.95 Å². The zero-order valence-electron chi connectivity index (χ0n) is 18.5.